The van der Waals surface area contributed by atoms with Gasteiger partial charge in [0.25, 0.3) is 5.91 Å². The third kappa shape index (κ3) is 4.09. The predicted octanol–water partition coefficient (Wildman–Crippen LogP) is 4.37. The van der Waals surface area contributed by atoms with Gasteiger partial charge in [0.15, 0.2) is 0 Å². The highest BCUT2D eigenvalue weighted by atomic mass is 35.5. The van der Waals surface area contributed by atoms with E-state index in [1.165, 1.54) is 0 Å². The molecular weight excluding hydrogens is 310 g/mol. The second-order valence-corrected chi connectivity index (χ2v) is 5.03. The first-order chi connectivity index (χ1) is 9.69. The van der Waals surface area contributed by atoms with Crippen LogP contribution in [0.5, 0.6) is 0 Å². The summed E-state index contributed by atoms with van der Waals surface area (Å²) in [5.41, 5.74) is -2.40. The van der Waals surface area contributed by atoms with Gasteiger partial charge in [-0.2, -0.15) is 13.2 Å². The summed E-state index contributed by atoms with van der Waals surface area (Å²) in [5.74, 6) is -1.97. The molecule has 0 saturated carbocycles. The molecule has 1 aromatic carbocycles. The smallest absolute Gasteiger partial charge is 0.345 e. The van der Waals surface area contributed by atoms with Crippen LogP contribution < -0.4 is 5.32 Å². The number of nitrogens with one attached hydrogen (secondary N) is 1. The number of hydrogen-bond donors (Lipinski definition) is 1. The number of amides is 1. The van der Waals surface area contributed by atoms with Crippen LogP contribution in [-0.4, -0.2) is 17.3 Å². The van der Waals surface area contributed by atoms with Crippen molar-refractivity contribution in [1.82, 2.24) is 5.32 Å². The normalized spacial score (nSPS) is 12.3. The lowest BCUT2D eigenvalue weighted by Crippen LogP contribution is -2.49. The van der Waals surface area contributed by atoms with Crippen LogP contribution >= 0.6 is 11.6 Å². The molecule has 0 aliphatic heterocycles. The molecule has 7 heteroatoms. The van der Waals surface area contributed by atoms with E-state index < -0.39 is 29.0 Å². The monoisotopic (exact) mass is 325 g/mol. The number of alkyl halides is 4. The Labute approximate surface area is 125 Å². The summed E-state index contributed by atoms with van der Waals surface area (Å²) in [7, 11) is 0. The summed E-state index contributed by atoms with van der Waals surface area (Å²) in [6.45, 7) is 3.63. The average Bonchev–Trinajstić information content (AvgIpc) is 2.44. The van der Waals surface area contributed by atoms with E-state index in [9.17, 15) is 22.4 Å². The molecule has 1 aromatic rings. The summed E-state index contributed by atoms with van der Waals surface area (Å²) in [5, 5.41) is 2.63. The zero-order valence-electron chi connectivity index (χ0n) is 11.7. The predicted molar refractivity (Wildman–Crippen MR) is 72.9 cm³/mol. The molecule has 2 nitrogen and oxygen atoms in total. The highest BCUT2D eigenvalue weighted by Crippen LogP contribution is 2.32. The Morgan fingerprint density at radius 3 is 2.24 bits per heavy atom. The van der Waals surface area contributed by atoms with Crippen molar-refractivity contribution in [2.75, 3.05) is 5.88 Å². The van der Waals surface area contributed by atoms with Crippen molar-refractivity contribution >= 4 is 17.5 Å². The van der Waals surface area contributed by atoms with Crippen LogP contribution in [0.1, 0.15) is 42.6 Å². The summed E-state index contributed by atoms with van der Waals surface area (Å²) < 4.78 is 51.1. The van der Waals surface area contributed by atoms with Crippen molar-refractivity contribution in [3.05, 3.63) is 35.1 Å². The van der Waals surface area contributed by atoms with Crippen LogP contribution in [0.2, 0.25) is 0 Å². The summed E-state index contributed by atoms with van der Waals surface area (Å²) in [6, 6.07) is 2.16. The molecule has 1 amide bonds. The van der Waals surface area contributed by atoms with E-state index >= 15 is 0 Å². The quantitative estimate of drug-likeness (QED) is 0.632. The zero-order valence-corrected chi connectivity index (χ0v) is 12.4. The summed E-state index contributed by atoms with van der Waals surface area (Å²) in [6.07, 6.45) is -3.78. The number of hydrogen-bond acceptors (Lipinski definition) is 1. The molecule has 1 N–H and O–H groups in total. The van der Waals surface area contributed by atoms with Crippen molar-refractivity contribution < 1.29 is 22.4 Å². The lowest BCUT2D eigenvalue weighted by molar-refractivity contribution is -0.140. The Bertz CT molecular complexity index is 504. The fraction of sp³-hybridized carbons (Fsp3) is 0.500. The van der Waals surface area contributed by atoms with Gasteiger partial charge in [-0.3, -0.25) is 4.79 Å². The van der Waals surface area contributed by atoms with Gasteiger partial charge in [-0.15, -0.1) is 11.6 Å². The van der Waals surface area contributed by atoms with Crippen molar-refractivity contribution in [2.24, 2.45) is 0 Å². The van der Waals surface area contributed by atoms with Gasteiger partial charge < -0.3 is 5.32 Å². The van der Waals surface area contributed by atoms with Crippen LogP contribution in [0.25, 0.3) is 0 Å². The Morgan fingerprint density at radius 1 is 1.24 bits per heavy atom. The van der Waals surface area contributed by atoms with E-state index in [4.69, 9.17) is 11.6 Å². The molecule has 0 heterocycles. The van der Waals surface area contributed by atoms with Gasteiger partial charge in [0.05, 0.1) is 11.1 Å². The number of carbonyl (C=O) groups is 1. The molecular formula is C14H16ClF4NO. The van der Waals surface area contributed by atoms with Gasteiger partial charge in [0.2, 0.25) is 0 Å². The van der Waals surface area contributed by atoms with Crippen molar-refractivity contribution in [3.63, 3.8) is 0 Å². The van der Waals surface area contributed by atoms with Crippen molar-refractivity contribution in [2.45, 2.75) is 38.4 Å². The molecule has 118 valence electrons. The molecule has 0 aromatic heterocycles. The topological polar surface area (TPSA) is 29.1 Å². The Kier molecular flexibility index (Phi) is 5.61. The van der Waals surface area contributed by atoms with Crippen molar-refractivity contribution in [1.29, 1.82) is 0 Å². The molecule has 0 aliphatic rings. The van der Waals surface area contributed by atoms with E-state index in [0.717, 1.165) is 6.07 Å². The Morgan fingerprint density at radius 2 is 1.81 bits per heavy atom. The number of benzene rings is 1. The fourth-order valence-electron chi connectivity index (χ4n) is 1.85. The largest absolute Gasteiger partial charge is 0.419 e. The number of halogens is 5. The van der Waals surface area contributed by atoms with Crippen LogP contribution in [0, 0.1) is 5.82 Å². The minimum Gasteiger partial charge on any atom is -0.345 e. The SMILES string of the molecule is CCC(CC)(CCl)NC(=O)c1ccc(F)c(C(F)(F)F)c1. The molecule has 21 heavy (non-hydrogen) atoms. The molecule has 0 bridgehead atoms. The Balaban J connectivity index is 3.09. The second-order valence-electron chi connectivity index (χ2n) is 4.77. The van der Waals surface area contributed by atoms with Crippen LogP contribution in [0.4, 0.5) is 17.6 Å². The van der Waals surface area contributed by atoms with Gasteiger partial charge in [0, 0.05) is 11.4 Å². The van der Waals surface area contributed by atoms with Gasteiger partial charge >= 0.3 is 6.18 Å². The standard InChI is InChI=1S/C14H16ClF4NO/c1-3-13(4-2,8-15)20-12(21)9-5-6-11(16)10(7-9)14(17,18)19/h5-7H,3-4,8H2,1-2H3,(H,20,21). The van der Waals surface area contributed by atoms with E-state index in [1.54, 1.807) is 0 Å². The van der Waals surface area contributed by atoms with E-state index in [1.807, 2.05) is 13.8 Å². The lowest BCUT2D eigenvalue weighted by Gasteiger charge is -2.30. The maximum absolute atomic E-state index is 13.2. The molecule has 0 fully saturated rings. The lowest BCUT2D eigenvalue weighted by atomic mass is 9.94. The first kappa shape index (κ1) is 17.8. The van der Waals surface area contributed by atoms with E-state index in [2.05, 4.69) is 5.32 Å². The zero-order chi connectivity index (χ0) is 16.3. The third-order valence-corrected chi connectivity index (χ3v) is 4.03. The average molecular weight is 326 g/mol. The fourth-order valence-corrected chi connectivity index (χ4v) is 2.29. The second kappa shape index (κ2) is 6.64. The van der Waals surface area contributed by atoms with Crippen LogP contribution in [0.3, 0.4) is 0 Å². The number of carbonyl (C=O) groups excluding carboxylic acids is 1. The van der Waals surface area contributed by atoms with Crippen molar-refractivity contribution in [3.8, 4) is 0 Å². The molecule has 0 saturated heterocycles. The third-order valence-electron chi connectivity index (χ3n) is 3.52. The van der Waals surface area contributed by atoms with Crippen LogP contribution in [0.15, 0.2) is 18.2 Å². The molecule has 0 radical (unpaired) electrons. The molecule has 0 aliphatic carbocycles. The first-order valence-electron chi connectivity index (χ1n) is 6.44. The minimum atomic E-state index is -4.85. The van der Waals surface area contributed by atoms with Gasteiger partial charge in [-0.1, -0.05) is 13.8 Å². The number of rotatable bonds is 5. The molecule has 0 atom stereocenters. The highest BCUT2D eigenvalue weighted by Gasteiger charge is 2.35. The van der Waals surface area contributed by atoms with E-state index in [0.29, 0.717) is 25.0 Å². The molecule has 1 rings (SSSR count). The minimum absolute atomic E-state index is 0.138. The maximum atomic E-state index is 13.2. The van der Waals surface area contributed by atoms with Gasteiger partial charge in [-0.05, 0) is 31.0 Å². The summed E-state index contributed by atoms with van der Waals surface area (Å²) in [4.78, 5) is 12.1. The van der Waals surface area contributed by atoms with Gasteiger partial charge in [-0.25, -0.2) is 4.39 Å². The van der Waals surface area contributed by atoms with Gasteiger partial charge in [0.1, 0.15) is 5.82 Å². The first-order valence-corrected chi connectivity index (χ1v) is 6.97. The van der Waals surface area contributed by atoms with Crippen LogP contribution in [-0.2, 0) is 6.18 Å². The highest BCUT2D eigenvalue weighted by molar-refractivity contribution is 6.19. The maximum Gasteiger partial charge on any atom is 0.419 e. The van der Waals surface area contributed by atoms with E-state index in [-0.39, 0.29) is 11.4 Å². The summed E-state index contributed by atoms with van der Waals surface area (Å²) >= 11 is 5.83. The molecule has 0 unspecified atom stereocenters. The Hall–Kier alpha value is -1.30. The molecule has 0 spiro atoms.